The second kappa shape index (κ2) is 7.24. The number of rotatable bonds is 4. The Labute approximate surface area is 192 Å². The molecule has 170 valence electrons. The molecule has 4 heterocycles. The summed E-state index contributed by atoms with van der Waals surface area (Å²) in [6.45, 7) is 7.83. The Morgan fingerprint density at radius 1 is 0.970 bits per heavy atom. The van der Waals surface area contributed by atoms with E-state index < -0.39 is 28.3 Å². The van der Waals surface area contributed by atoms with Crippen molar-refractivity contribution < 1.29 is 17.7 Å². The standard InChI is InChI=1S/C22H24BN5O4S/c1-21(2)22(3,4)32-23(31-21)17-14-28(33(29,30)15-9-7-6-8-10-15)20-16(17)11-12-18(25-20)19-13-24-26-27(19)5/h6-14H,1-5H3. The minimum atomic E-state index is -3.92. The second-order valence-corrected chi connectivity index (χ2v) is 10.9. The van der Waals surface area contributed by atoms with Gasteiger partial charge in [-0.15, -0.1) is 5.10 Å². The third-order valence-electron chi connectivity index (χ3n) is 6.44. The molecular formula is C22H24BN5O4S. The molecule has 0 aliphatic carbocycles. The molecule has 1 fully saturated rings. The molecule has 5 rings (SSSR count). The Balaban J connectivity index is 1.74. The molecule has 3 aromatic heterocycles. The van der Waals surface area contributed by atoms with Crippen LogP contribution in [0.4, 0.5) is 0 Å². The van der Waals surface area contributed by atoms with Gasteiger partial charge in [0, 0.05) is 24.1 Å². The molecule has 9 nitrogen and oxygen atoms in total. The van der Waals surface area contributed by atoms with E-state index in [0.717, 1.165) is 0 Å². The SMILES string of the molecule is Cn1nncc1-c1ccc2c(B3OC(C)(C)C(C)(C)O3)cn(S(=O)(=O)c3ccccc3)c2n1. The third-order valence-corrected chi connectivity index (χ3v) is 8.10. The Morgan fingerprint density at radius 2 is 1.64 bits per heavy atom. The molecule has 0 atom stereocenters. The first kappa shape index (κ1) is 21.8. The van der Waals surface area contributed by atoms with Crippen LogP contribution in [0.2, 0.25) is 0 Å². The van der Waals surface area contributed by atoms with Crippen molar-refractivity contribution in [2.24, 2.45) is 7.05 Å². The monoisotopic (exact) mass is 465 g/mol. The molecular weight excluding hydrogens is 441 g/mol. The summed E-state index contributed by atoms with van der Waals surface area (Å²) in [5.74, 6) is 0. The summed E-state index contributed by atoms with van der Waals surface area (Å²) in [6, 6.07) is 11.9. The van der Waals surface area contributed by atoms with Crippen molar-refractivity contribution in [3.8, 4) is 11.4 Å². The van der Waals surface area contributed by atoms with Crippen molar-refractivity contribution in [3.63, 3.8) is 0 Å². The van der Waals surface area contributed by atoms with Crippen LogP contribution in [0.3, 0.4) is 0 Å². The number of hydrogen-bond acceptors (Lipinski definition) is 7. The summed E-state index contributed by atoms with van der Waals surface area (Å²) in [5.41, 5.74) is 0.959. The highest BCUT2D eigenvalue weighted by molar-refractivity contribution is 7.90. The molecule has 11 heteroatoms. The second-order valence-electron chi connectivity index (χ2n) is 9.10. The minimum Gasteiger partial charge on any atom is -0.399 e. The van der Waals surface area contributed by atoms with Gasteiger partial charge in [0.15, 0.2) is 5.65 Å². The lowest BCUT2D eigenvalue weighted by molar-refractivity contribution is 0.00578. The number of hydrogen-bond donors (Lipinski definition) is 0. The summed E-state index contributed by atoms with van der Waals surface area (Å²) < 4.78 is 42.5. The number of aryl methyl sites for hydroxylation is 1. The molecule has 1 aromatic carbocycles. The first-order chi connectivity index (χ1) is 15.5. The van der Waals surface area contributed by atoms with E-state index in [-0.39, 0.29) is 10.5 Å². The minimum absolute atomic E-state index is 0.164. The number of aromatic nitrogens is 5. The van der Waals surface area contributed by atoms with E-state index in [1.165, 1.54) is 3.97 Å². The lowest BCUT2D eigenvalue weighted by atomic mass is 9.79. The zero-order chi connectivity index (χ0) is 23.6. The Kier molecular flexibility index (Phi) is 4.79. The van der Waals surface area contributed by atoms with Crippen molar-refractivity contribution >= 4 is 33.6 Å². The molecule has 0 bridgehead atoms. The first-order valence-electron chi connectivity index (χ1n) is 10.5. The van der Waals surface area contributed by atoms with Crippen LogP contribution < -0.4 is 5.46 Å². The van der Waals surface area contributed by atoms with Gasteiger partial charge >= 0.3 is 7.12 Å². The van der Waals surface area contributed by atoms with Gasteiger partial charge < -0.3 is 9.31 Å². The highest BCUT2D eigenvalue weighted by Crippen LogP contribution is 2.37. The smallest absolute Gasteiger partial charge is 0.399 e. The van der Waals surface area contributed by atoms with Crippen molar-refractivity contribution in [1.29, 1.82) is 0 Å². The fourth-order valence-corrected chi connectivity index (χ4v) is 5.16. The predicted molar refractivity (Wildman–Crippen MR) is 124 cm³/mol. The Morgan fingerprint density at radius 3 is 2.24 bits per heavy atom. The molecule has 33 heavy (non-hydrogen) atoms. The highest BCUT2D eigenvalue weighted by atomic mass is 32.2. The maximum atomic E-state index is 13.6. The summed E-state index contributed by atoms with van der Waals surface area (Å²) in [7, 11) is -2.91. The zero-order valence-electron chi connectivity index (χ0n) is 19.1. The molecule has 0 amide bonds. The summed E-state index contributed by atoms with van der Waals surface area (Å²) in [4.78, 5) is 4.87. The lowest BCUT2D eigenvalue weighted by Crippen LogP contribution is -2.41. The van der Waals surface area contributed by atoms with Gasteiger partial charge in [-0.1, -0.05) is 23.4 Å². The van der Waals surface area contributed by atoms with Crippen LogP contribution in [0.15, 0.2) is 59.8 Å². The molecule has 0 radical (unpaired) electrons. The summed E-state index contributed by atoms with van der Waals surface area (Å²) in [5, 5.41) is 8.49. The maximum Gasteiger partial charge on any atom is 0.497 e. The van der Waals surface area contributed by atoms with Crippen LogP contribution in [-0.2, 0) is 26.4 Å². The highest BCUT2D eigenvalue weighted by Gasteiger charge is 2.52. The van der Waals surface area contributed by atoms with Crippen LogP contribution in [0.1, 0.15) is 27.7 Å². The fraction of sp³-hybridized carbons (Fsp3) is 0.318. The molecule has 0 unspecified atom stereocenters. The van der Waals surface area contributed by atoms with E-state index in [0.29, 0.717) is 22.2 Å². The van der Waals surface area contributed by atoms with Crippen molar-refractivity contribution in [3.05, 3.63) is 54.9 Å². The fourth-order valence-electron chi connectivity index (χ4n) is 3.81. The average molecular weight is 465 g/mol. The zero-order valence-corrected chi connectivity index (χ0v) is 19.9. The first-order valence-corrected chi connectivity index (χ1v) is 12.0. The van der Waals surface area contributed by atoms with E-state index in [4.69, 9.17) is 14.3 Å². The summed E-state index contributed by atoms with van der Waals surface area (Å²) in [6.07, 6.45) is 3.13. The van der Waals surface area contributed by atoms with Gasteiger partial charge in [-0.2, -0.15) is 0 Å². The number of benzene rings is 1. The van der Waals surface area contributed by atoms with Crippen LogP contribution in [0, 0.1) is 0 Å². The lowest BCUT2D eigenvalue weighted by Gasteiger charge is -2.32. The van der Waals surface area contributed by atoms with E-state index in [9.17, 15) is 8.42 Å². The molecule has 4 aromatic rings. The van der Waals surface area contributed by atoms with E-state index in [1.807, 2.05) is 39.8 Å². The number of nitrogens with zero attached hydrogens (tertiary/aromatic N) is 5. The van der Waals surface area contributed by atoms with Gasteiger partial charge in [0.25, 0.3) is 10.0 Å². The molecule has 0 spiro atoms. The Bertz CT molecular complexity index is 1440. The predicted octanol–water partition coefficient (Wildman–Crippen LogP) is 2.37. The van der Waals surface area contributed by atoms with Crippen molar-refractivity contribution in [2.75, 3.05) is 0 Å². The van der Waals surface area contributed by atoms with Gasteiger partial charge in [-0.05, 0) is 52.0 Å². The Hall–Kier alpha value is -3.02. The van der Waals surface area contributed by atoms with Crippen LogP contribution in [0.25, 0.3) is 22.4 Å². The molecule has 1 saturated heterocycles. The van der Waals surface area contributed by atoms with Gasteiger partial charge in [0.1, 0.15) is 5.69 Å². The van der Waals surface area contributed by atoms with E-state index >= 15 is 0 Å². The quantitative estimate of drug-likeness (QED) is 0.427. The molecule has 0 N–H and O–H groups in total. The van der Waals surface area contributed by atoms with Crippen molar-refractivity contribution in [1.82, 2.24) is 24.0 Å². The van der Waals surface area contributed by atoms with Crippen LogP contribution in [0.5, 0.6) is 0 Å². The average Bonchev–Trinajstić information content (AvgIpc) is 3.42. The third kappa shape index (κ3) is 3.38. The van der Waals surface area contributed by atoms with E-state index in [2.05, 4.69) is 10.3 Å². The molecule has 1 aliphatic rings. The number of fused-ring (bicyclic) bond motifs is 1. The van der Waals surface area contributed by atoms with Gasteiger partial charge in [0.2, 0.25) is 0 Å². The van der Waals surface area contributed by atoms with Crippen LogP contribution in [-0.4, -0.2) is 50.7 Å². The van der Waals surface area contributed by atoms with Crippen molar-refractivity contribution in [2.45, 2.75) is 43.8 Å². The largest absolute Gasteiger partial charge is 0.497 e. The summed E-state index contributed by atoms with van der Waals surface area (Å²) >= 11 is 0. The van der Waals surface area contributed by atoms with Gasteiger partial charge in [-0.3, -0.25) is 0 Å². The van der Waals surface area contributed by atoms with E-state index in [1.54, 1.807) is 54.5 Å². The normalized spacial score (nSPS) is 17.7. The molecule has 1 aliphatic heterocycles. The maximum absolute atomic E-state index is 13.6. The topological polar surface area (TPSA) is 101 Å². The van der Waals surface area contributed by atoms with Crippen LogP contribution >= 0.6 is 0 Å². The van der Waals surface area contributed by atoms with Gasteiger partial charge in [0.05, 0.1) is 28.0 Å². The van der Waals surface area contributed by atoms with Gasteiger partial charge in [-0.25, -0.2) is 22.1 Å². The molecule has 0 saturated carbocycles. The number of pyridine rings is 1.